The Hall–Kier alpha value is -1.35. The summed E-state index contributed by atoms with van der Waals surface area (Å²) in [7, 11) is 0. The van der Waals surface area contributed by atoms with Crippen LogP contribution in [0.15, 0.2) is 28.9 Å². The van der Waals surface area contributed by atoms with Crippen molar-refractivity contribution in [3.8, 4) is 5.69 Å². The average molecular weight is 346 g/mol. The van der Waals surface area contributed by atoms with E-state index < -0.39 is 0 Å². The van der Waals surface area contributed by atoms with Crippen molar-refractivity contribution in [3.05, 3.63) is 51.3 Å². The van der Waals surface area contributed by atoms with Crippen LogP contribution in [0.4, 0.5) is 0 Å². The number of aromatic nitrogens is 1. The minimum atomic E-state index is 0.0413. The van der Waals surface area contributed by atoms with Crippen molar-refractivity contribution in [2.75, 3.05) is 0 Å². The van der Waals surface area contributed by atoms with Crippen molar-refractivity contribution in [1.82, 2.24) is 4.57 Å². The summed E-state index contributed by atoms with van der Waals surface area (Å²) < 4.78 is 3.34. The fourth-order valence-electron chi connectivity index (χ4n) is 3.25. The molecule has 0 fully saturated rings. The first-order valence-electron chi connectivity index (χ1n) is 7.29. The van der Waals surface area contributed by atoms with Gasteiger partial charge in [0.05, 0.1) is 0 Å². The zero-order valence-electron chi connectivity index (χ0n) is 13.0. The van der Waals surface area contributed by atoms with Crippen LogP contribution < -0.4 is 0 Å². The molecule has 0 spiro atoms. The number of hydrogen-bond donors (Lipinski definition) is 0. The molecule has 1 aliphatic rings. The number of benzene rings is 1. The number of nitrogens with zero attached hydrogens (tertiary/aromatic N) is 1. The Labute approximate surface area is 134 Å². The third-order valence-electron chi connectivity index (χ3n) is 4.28. The number of hydrogen-bond acceptors (Lipinski definition) is 1. The molecule has 0 atom stereocenters. The van der Waals surface area contributed by atoms with Crippen LogP contribution in [0.3, 0.4) is 0 Å². The minimum Gasteiger partial charge on any atom is -0.320 e. The highest BCUT2D eigenvalue weighted by Crippen LogP contribution is 2.36. The highest BCUT2D eigenvalue weighted by molar-refractivity contribution is 9.10. The Kier molecular flexibility index (Phi) is 3.36. The van der Waals surface area contributed by atoms with Crippen molar-refractivity contribution < 1.29 is 4.79 Å². The molecule has 0 aliphatic heterocycles. The van der Waals surface area contributed by atoms with E-state index in [0.29, 0.717) is 6.42 Å². The van der Waals surface area contributed by atoms with Gasteiger partial charge in [0.25, 0.3) is 0 Å². The van der Waals surface area contributed by atoms with Crippen LogP contribution in [0.25, 0.3) is 5.69 Å². The van der Waals surface area contributed by atoms with E-state index >= 15 is 0 Å². The van der Waals surface area contributed by atoms with E-state index in [4.69, 9.17) is 0 Å². The number of carbonyl (C=O) groups is 1. The molecule has 0 N–H and O–H groups in total. The minimum absolute atomic E-state index is 0.0413. The second kappa shape index (κ2) is 4.84. The monoisotopic (exact) mass is 345 g/mol. The van der Waals surface area contributed by atoms with Gasteiger partial charge in [0.15, 0.2) is 5.78 Å². The Morgan fingerprint density at radius 3 is 2.38 bits per heavy atom. The van der Waals surface area contributed by atoms with E-state index in [-0.39, 0.29) is 11.2 Å². The lowest BCUT2D eigenvalue weighted by Crippen LogP contribution is -2.27. The molecule has 2 nitrogen and oxygen atoms in total. The van der Waals surface area contributed by atoms with Gasteiger partial charge < -0.3 is 4.57 Å². The summed E-state index contributed by atoms with van der Waals surface area (Å²) in [6.07, 6.45) is 3.61. The maximum Gasteiger partial charge on any atom is 0.165 e. The fraction of sp³-hybridized carbons (Fsp3) is 0.389. The maximum absolute atomic E-state index is 12.3. The lowest BCUT2D eigenvalue weighted by atomic mass is 9.76. The van der Waals surface area contributed by atoms with Crippen LogP contribution in [-0.2, 0) is 6.42 Å². The van der Waals surface area contributed by atoms with E-state index in [2.05, 4.69) is 60.3 Å². The first kappa shape index (κ1) is 14.6. The van der Waals surface area contributed by atoms with E-state index in [0.717, 1.165) is 27.8 Å². The Morgan fingerprint density at radius 2 is 1.76 bits per heavy atom. The molecule has 0 saturated heterocycles. The molecule has 1 aromatic carbocycles. The van der Waals surface area contributed by atoms with E-state index in [9.17, 15) is 4.79 Å². The molecule has 1 heterocycles. The van der Waals surface area contributed by atoms with Gasteiger partial charge in [-0.1, -0.05) is 29.8 Å². The quantitative estimate of drug-likeness (QED) is 0.711. The molecule has 1 aromatic heterocycles. The van der Waals surface area contributed by atoms with Crippen LogP contribution in [0.5, 0.6) is 0 Å². The number of ketones is 1. The standard InChI is InChI=1S/C18H20BrNO/c1-11-7-13(8-12(2)17(11)19)20-6-5-14-15(20)9-18(3,4)10-16(14)21/h5-8H,9-10H2,1-4H3. The van der Waals surface area contributed by atoms with Crippen LogP contribution in [0.1, 0.15) is 47.4 Å². The maximum atomic E-state index is 12.3. The van der Waals surface area contributed by atoms with Gasteiger partial charge in [-0.15, -0.1) is 0 Å². The van der Waals surface area contributed by atoms with Gasteiger partial charge in [-0.25, -0.2) is 0 Å². The zero-order chi connectivity index (χ0) is 15.4. The van der Waals surface area contributed by atoms with Gasteiger partial charge in [-0.2, -0.15) is 0 Å². The van der Waals surface area contributed by atoms with E-state index in [1.165, 1.54) is 11.1 Å². The van der Waals surface area contributed by atoms with Crippen molar-refractivity contribution >= 4 is 21.7 Å². The summed E-state index contributed by atoms with van der Waals surface area (Å²) in [4.78, 5) is 12.3. The first-order valence-corrected chi connectivity index (χ1v) is 8.08. The molecule has 0 radical (unpaired) electrons. The third-order valence-corrected chi connectivity index (χ3v) is 5.53. The van der Waals surface area contributed by atoms with Gasteiger partial charge in [-0.3, -0.25) is 4.79 Å². The van der Waals surface area contributed by atoms with Gasteiger partial charge in [0, 0.05) is 34.0 Å². The summed E-state index contributed by atoms with van der Waals surface area (Å²) in [6.45, 7) is 8.55. The third kappa shape index (κ3) is 2.48. The van der Waals surface area contributed by atoms with Gasteiger partial charge in [0.2, 0.25) is 0 Å². The molecule has 21 heavy (non-hydrogen) atoms. The van der Waals surface area contributed by atoms with Crippen molar-refractivity contribution in [1.29, 1.82) is 0 Å². The number of rotatable bonds is 1. The van der Waals surface area contributed by atoms with Crippen LogP contribution in [0, 0.1) is 19.3 Å². The highest BCUT2D eigenvalue weighted by Gasteiger charge is 2.33. The fourth-order valence-corrected chi connectivity index (χ4v) is 3.48. The van der Waals surface area contributed by atoms with Crippen molar-refractivity contribution in [2.45, 2.75) is 40.5 Å². The number of fused-ring (bicyclic) bond motifs is 1. The molecule has 2 aromatic rings. The molecule has 1 aliphatic carbocycles. The van der Waals surface area contributed by atoms with Crippen molar-refractivity contribution in [3.63, 3.8) is 0 Å². The van der Waals surface area contributed by atoms with E-state index in [1.54, 1.807) is 0 Å². The van der Waals surface area contributed by atoms with Crippen molar-refractivity contribution in [2.24, 2.45) is 5.41 Å². The SMILES string of the molecule is Cc1cc(-n2ccc3c2CC(C)(C)CC3=O)cc(C)c1Br. The predicted octanol–water partition coefficient (Wildman–Crippen LogP) is 5.01. The second-order valence-electron chi connectivity index (χ2n) is 6.88. The smallest absolute Gasteiger partial charge is 0.165 e. The largest absolute Gasteiger partial charge is 0.320 e. The Morgan fingerprint density at radius 1 is 1.14 bits per heavy atom. The molecule has 110 valence electrons. The summed E-state index contributed by atoms with van der Waals surface area (Å²) in [5.74, 6) is 0.269. The number of aryl methyl sites for hydroxylation is 2. The van der Waals surface area contributed by atoms with Gasteiger partial charge >= 0.3 is 0 Å². The molecular weight excluding hydrogens is 326 g/mol. The predicted molar refractivity (Wildman–Crippen MR) is 89.4 cm³/mol. The van der Waals surface area contributed by atoms with Crippen LogP contribution in [-0.4, -0.2) is 10.4 Å². The van der Waals surface area contributed by atoms with E-state index in [1.807, 2.05) is 12.3 Å². The number of halogens is 1. The lowest BCUT2D eigenvalue weighted by Gasteiger charge is -2.29. The molecular formula is C18H20BrNO. The molecule has 3 heteroatoms. The molecule has 0 unspecified atom stereocenters. The van der Waals surface area contributed by atoms with Crippen LogP contribution in [0.2, 0.25) is 0 Å². The Balaban J connectivity index is 2.16. The summed E-state index contributed by atoms with van der Waals surface area (Å²) in [5.41, 5.74) is 5.66. The topological polar surface area (TPSA) is 22.0 Å². The summed E-state index contributed by atoms with van der Waals surface area (Å²) >= 11 is 3.62. The summed E-state index contributed by atoms with van der Waals surface area (Å²) in [5, 5.41) is 0. The highest BCUT2D eigenvalue weighted by atomic mass is 79.9. The number of carbonyl (C=O) groups excluding carboxylic acids is 1. The lowest BCUT2D eigenvalue weighted by molar-refractivity contribution is 0.0911. The van der Waals surface area contributed by atoms with Gasteiger partial charge in [-0.05, 0) is 55.0 Å². The van der Waals surface area contributed by atoms with Crippen LogP contribution >= 0.6 is 15.9 Å². The average Bonchev–Trinajstić information content (AvgIpc) is 2.77. The first-order chi connectivity index (χ1) is 9.78. The van der Waals surface area contributed by atoms with Gasteiger partial charge in [0.1, 0.15) is 0 Å². The normalized spacial score (nSPS) is 16.9. The summed E-state index contributed by atoms with van der Waals surface area (Å²) in [6, 6.07) is 6.31. The molecule has 0 amide bonds. The second-order valence-corrected chi connectivity index (χ2v) is 7.67. The molecule has 0 saturated carbocycles. The Bertz CT molecular complexity index is 717. The molecule has 3 rings (SSSR count). The molecule has 0 bridgehead atoms. The zero-order valence-corrected chi connectivity index (χ0v) is 14.5. The number of Topliss-reactive ketones (excluding diaryl/α,β-unsaturated/α-hetero) is 1.